The molecule has 1 fully saturated rings. The molecule has 1 atom stereocenters. The van der Waals surface area contributed by atoms with Crippen molar-refractivity contribution < 1.29 is 18.0 Å². The Bertz CT molecular complexity index is 237. The number of halogens is 3. The zero-order chi connectivity index (χ0) is 12.2. The number of nitrogens with one attached hydrogen (secondary N) is 2. The van der Waals surface area contributed by atoms with Crippen LogP contribution in [0.15, 0.2) is 0 Å². The third kappa shape index (κ3) is 4.72. The average molecular weight is 238 g/mol. The van der Waals surface area contributed by atoms with E-state index in [1.165, 1.54) is 0 Å². The van der Waals surface area contributed by atoms with E-state index >= 15 is 0 Å². The third-order valence-corrected chi connectivity index (χ3v) is 2.92. The Balaban J connectivity index is 2.22. The molecular weight excluding hydrogens is 221 g/mol. The number of urea groups is 1. The zero-order valence-electron chi connectivity index (χ0n) is 9.23. The zero-order valence-corrected chi connectivity index (χ0v) is 9.23. The van der Waals surface area contributed by atoms with Gasteiger partial charge in [-0.05, 0) is 25.7 Å². The normalized spacial score (nSPS) is 19.5. The Morgan fingerprint density at radius 1 is 1.38 bits per heavy atom. The summed E-state index contributed by atoms with van der Waals surface area (Å²) in [6, 6.07) is -0.799. The highest BCUT2D eigenvalue weighted by atomic mass is 19.4. The number of carbonyl (C=O) groups is 1. The molecule has 0 heterocycles. The lowest BCUT2D eigenvalue weighted by Gasteiger charge is -2.20. The number of rotatable bonds is 3. The van der Waals surface area contributed by atoms with Crippen LogP contribution >= 0.6 is 0 Å². The van der Waals surface area contributed by atoms with Gasteiger partial charge in [0, 0.05) is 6.04 Å². The molecule has 1 aliphatic carbocycles. The molecule has 2 amide bonds. The van der Waals surface area contributed by atoms with Crippen LogP contribution in [-0.2, 0) is 0 Å². The van der Waals surface area contributed by atoms with Gasteiger partial charge in [-0.15, -0.1) is 0 Å². The maximum atomic E-state index is 11.8. The molecule has 0 bridgehead atoms. The highest BCUT2D eigenvalue weighted by molar-refractivity contribution is 5.74. The minimum atomic E-state index is -4.35. The molecule has 1 saturated carbocycles. The van der Waals surface area contributed by atoms with Crippen molar-refractivity contribution in [1.29, 1.82) is 0 Å². The van der Waals surface area contributed by atoms with Gasteiger partial charge in [0.25, 0.3) is 0 Å². The van der Waals surface area contributed by atoms with Crippen LogP contribution in [0.1, 0.15) is 32.6 Å². The minimum Gasteiger partial charge on any atom is -0.335 e. The summed E-state index contributed by atoms with van der Waals surface area (Å²) in [5.41, 5.74) is 0. The van der Waals surface area contributed by atoms with E-state index in [0.717, 1.165) is 25.7 Å². The lowest BCUT2D eigenvalue weighted by Crippen LogP contribution is -2.46. The van der Waals surface area contributed by atoms with Crippen molar-refractivity contribution >= 4 is 6.03 Å². The van der Waals surface area contributed by atoms with Gasteiger partial charge < -0.3 is 10.6 Å². The predicted molar refractivity (Wildman–Crippen MR) is 54.0 cm³/mol. The van der Waals surface area contributed by atoms with E-state index in [4.69, 9.17) is 0 Å². The van der Waals surface area contributed by atoms with Crippen LogP contribution in [0.5, 0.6) is 0 Å². The quantitative estimate of drug-likeness (QED) is 0.779. The Morgan fingerprint density at radius 3 is 2.44 bits per heavy atom. The second-order valence-corrected chi connectivity index (χ2v) is 4.28. The molecule has 0 saturated heterocycles. The lowest BCUT2D eigenvalue weighted by atomic mass is 10.0. The van der Waals surface area contributed by atoms with E-state index in [-0.39, 0.29) is 6.04 Å². The fourth-order valence-corrected chi connectivity index (χ4v) is 2.01. The molecule has 16 heavy (non-hydrogen) atoms. The highest BCUT2D eigenvalue weighted by Gasteiger charge is 2.28. The fraction of sp³-hybridized carbons (Fsp3) is 0.900. The van der Waals surface area contributed by atoms with Crippen molar-refractivity contribution in [1.82, 2.24) is 10.6 Å². The van der Waals surface area contributed by atoms with Crippen molar-refractivity contribution in [2.24, 2.45) is 5.92 Å². The van der Waals surface area contributed by atoms with E-state index < -0.39 is 18.8 Å². The summed E-state index contributed by atoms with van der Waals surface area (Å²) in [7, 11) is 0. The van der Waals surface area contributed by atoms with E-state index in [1.54, 1.807) is 5.32 Å². The molecule has 94 valence electrons. The van der Waals surface area contributed by atoms with Gasteiger partial charge in [0.15, 0.2) is 0 Å². The van der Waals surface area contributed by atoms with Crippen molar-refractivity contribution in [3.8, 4) is 0 Å². The fourth-order valence-electron chi connectivity index (χ4n) is 2.01. The lowest BCUT2D eigenvalue weighted by molar-refractivity contribution is -0.122. The first-order chi connectivity index (χ1) is 7.38. The predicted octanol–water partition coefficient (Wildman–Crippen LogP) is 2.43. The van der Waals surface area contributed by atoms with Crippen LogP contribution < -0.4 is 10.6 Å². The maximum Gasteiger partial charge on any atom is 0.405 e. The molecule has 2 N–H and O–H groups in total. The second-order valence-electron chi connectivity index (χ2n) is 4.28. The van der Waals surface area contributed by atoms with Gasteiger partial charge in [-0.2, -0.15) is 13.2 Å². The summed E-state index contributed by atoms with van der Waals surface area (Å²) in [5, 5.41) is 4.35. The smallest absolute Gasteiger partial charge is 0.335 e. The monoisotopic (exact) mass is 238 g/mol. The van der Waals surface area contributed by atoms with Crippen LogP contribution in [0.3, 0.4) is 0 Å². The SMILES string of the molecule is CC(NC(=O)NCC(F)(F)F)C1CCCC1. The number of carbonyl (C=O) groups excluding carboxylic acids is 1. The number of hydrogen-bond acceptors (Lipinski definition) is 1. The third-order valence-electron chi connectivity index (χ3n) is 2.92. The van der Waals surface area contributed by atoms with Crippen molar-refractivity contribution in [2.75, 3.05) is 6.54 Å². The number of alkyl halides is 3. The summed E-state index contributed by atoms with van der Waals surface area (Å²) in [5.74, 6) is 0.400. The Kier molecular flexibility index (Phi) is 4.44. The number of amides is 2. The number of hydrogen-bond donors (Lipinski definition) is 2. The molecule has 6 heteroatoms. The van der Waals surface area contributed by atoms with Gasteiger partial charge in [-0.25, -0.2) is 4.79 Å². The van der Waals surface area contributed by atoms with Gasteiger partial charge in [-0.1, -0.05) is 12.8 Å². The second kappa shape index (κ2) is 5.41. The van der Waals surface area contributed by atoms with Crippen LogP contribution in [-0.4, -0.2) is 24.8 Å². The summed E-state index contributed by atoms with van der Waals surface area (Å²) < 4.78 is 35.4. The molecule has 1 rings (SSSR count). The van der Waals surface area contributed by atoms with E-state index in [0.29, 0.717) is 5.92 Å². The van der Waals surface area contributed by atoms with Crippen LogP contribution in [0.4, 0.5) is 18.0 Å². The van der Waals surface area contributed by atoms with Gasteiger partial charge in [0.05, 0.1) is 0 Å². The van der Waals surface area contributed by atoms with Crippen molar-refractivity contribution in [3.05, 3.63) is 0 Å². The highest BCUT2D eigenvalue weighted by Crippen LogP contribution is 2.27. The summed E-state index contributed by atoms with van der Waals surface area (Å²) in [6.45, 7) is 0.555. The largest absolute Gasteiger partial charge is 0.405 e. The van der Waals surface area contributed by atoms with Crippen molar-refractivity contribution in [3.63, 3.8) is 0 Å². The molecule has 0 aliphatic heterocycles. The Morgan fingerprint density at radius 2 is 1.94 bits per heavy atom. The minimum absolute atomic E-state index is 0.0595. The standard InChI is InChI=1S/C10H17F3N2O/c1-7(8-4-2-3-5-8)15-9(16)14-6-10(11,12)13/h7-8H,2-6H2,1H3,(H2,14,15,16). The van der Waals surface area contributed by atoms with Gasteiger partial charge >= 0.3 is 12.2 Å². The molecule has 1 aliphatic rings. The average Bonchev–Trinajstić information content (AvgIpc) is 2.66. The molecule has 3 nitrogen and oxygen atoms in total. The van der Waals surface area contributed by atoms with E-state index in [2.05, 4.69) is 5.32 Å². The van der Waals surface area contributed by atoms with Gasteiger partial charge in [0.2, 0.25) is 0 Å². The van der Waals surface area contributed by atoms with E-state index in [1.807, 2.05) is 6.92 Å². The van der Waals surface area contributed by atoms with E-state index in [9.17, 15) is 18.0 Å². The summed E-state index contributed by atoms with van der Waals surface area (Å²) in [6.07, 6.45) is 0.0110. The molecule has 1 unspecified atom stereocenters. The first-order valence-corrected chi connectivity index (χ1v) is 5.49. The van der Waals surface area contributed by atoms with Gasteiger partial charge in [-0.3, -0.25) is 0 Å². The summed E-state index contributed by atoms with van der Waals surface area (Å²) >= 11 is 0. The van der Waals surface area contributed by atoms with Crippen LogP contribution in [0, 0.1) is 5.92 Å². The first-order valence-electron chi connectivity index (χ1n) is 5.49. The van der Waals surface area contributed by atoms with Gasteiger partial charge in [0.1, 0.15) is 6.54 Å². The first kappa shape index (κ1) is 13.1. The summed E-state index contributed by atoms with van der Waals surface area (Å²) in [4.78, 5) is 11.1. The molecule has 0 spiro atoms. The van der Waals surface area contributed by atoms with Crippen molar-refractivity contribution in [2.45, 2.75) is 44.8 Å². The molecule has 0 radical (unpaired) electrons. The Labute approximate surface area is 92.8 Å². The maximum absolute atomic E-state index is 11.8. The molecule has 0 aromatic heterocycles. The van der Waals surface area contributed by atoms with Crippen LogP contribution in [0.25, 0.3) is 0 Å². The molecular formula is C10H17F3N2O. The topological polar surface area (TPSA) is 41.1 Å². The van der Waals surface area contributed by atoms with Crippen LogP contribution in [0.2, 0.25) is 0 Å². The molecule has 0 aromatic rings. The Hall–Kier alpha value is -0.940. The molecule has 0 aromatic carbocycles.